The summed E-state index contributed by atoms with van der Waals surface area (Å²) in [6.07, 6.45) is 0. The van der Waals surface area contributed by atoms with Crippen LogP contribution in [0, 0.1) is 5.92 Å². The van der Waals surface area contributed by atoms with E-state index in [0.717, 1.165) is 5.69 Å². The Morgan fingerprint density at radius 2 is 1.62 bits per heavy atom. The summed E-state index contributed by atoms with van der Waals surface area (Å²) in [5.41, 5.74) is 2.13. The molecule has 6 heteroatoms. The van der Waals surface area contributed by atoms with E-state index in [4.69, 9.17) is 4.74 Å². The molecule has 0 saturated heterocycles. The maximum Gasteiger partial charge on any atom is 0.243 e. The van der Waals surface area contributed by atoms with E-state index in [1.165, 1.54) is 0 Å². The molecule has 0 spiro atoms. The summed E-state index contributed by atoms with van der Waals surface area (Å²) < 4.78 is 5.42. The number of rotatable bonds is 8. The smallest absolute Gasteiger partial charge is 0.243 e. The average Bonchev–Trinajstić information content (AvgIpc) is 2.61. The van der Waals surface area contributed by atoms with Crippen molar-refractivity contribution in [1.29, 1.82) is 0 Å². The van der Waals surface area contributed by atoms with Crippen LogP contribution in [0.5, 0.6) is 5.75 Å². The maximum atomic E-state index is 12.1. The van der Waals surface area contributed by atoms with Crippen molar-refractivity contribution < 1.29 is 14.3 Å². The normalized spacial score (nSPS) is 10.3. The zero-order chi connectivity index (χ0) is 18.9. The van der Waals surface area contributed by atoms with Gasteiger partial charge in [0.05, 0.1) is 13.2 Å². The van der Waals surface area contributed by atoms with Crippen LogP contribution in [0.25, 0.3) is 0 Å². The third-order valence-electron chi connectivity index (χ3n) is 3.54. The lowest BCUT2D eigenvalue weighted by Gasteiger charge is -2.11. The molecule has 0 fully saturated rings. The van der Waals surface area contributed by atoms with E-state index in [1.54, 1.807) is 12.1 Å². The Kier molecular flexibility index (Phi) is 7.02. The molecule has 2 rings (SSSR count). The molecule has 0 aliphatic carbocycles. The number of anilines is 3. The van der Waals surface area contributed by atoms with Gasteiger partial charge in [-0.05, 0) is 37.3 Å². The first-order chi connectivity index (χ1) is 12.5. The van der Waals surface area contributed by atoms with Gasteiger partial charge < -0.3 is 20.7 Å². The minimum atomic E-state index is -0.171. The van der Waals surface area contributed by atoms with Gasteiger partial charge in [-0.25, -0.2) is 0 Å². The predicted molar refractivity (Wildman–Crippen MR) is 105 cm³/mol. The van der Waals surface area contributed by atoms with E-state index < -0.39 is 0 Å². The molecule has 6 nitrogen and oxygen atoms in total. The summed E-state index contributed by atoms with van der Waals surface area (Å²) in [7, 11) is 0. The zero-order valence-corrected chi connectivity index (χ0v) is 15.3. The number of carbonyl (C=O) groups excluding carboxylic acids is 2. The molecule has 0 radical (unpaired) electrons. The van der Waals surface area contributed by atoms with Crippen molar-refractivity contribution >= 4 is 28.9 Å². The molecule has 0 aliphatic heterocycles. The molecule has 138 valence electrons. The second-order valence-electron chi connectivity index (χ2n) is 6.09. The summed E-state index contributed by atoms with van der Waals surface area (Å²) in [5.74, 6) is 0.404. The summed E-state index contributed by atoms with van der Waals surface area (Å²) >= 11 is 0. The maximum absolute atomic E-state index is 12.1. The largest absolute Gasteiger partial charge is 0.494 e. The molecular weight excluding hydrogens is 330 g/mol. The van der Waals surface area contributed by atoms with Crippen molar-refractivity contribution in [3.63, 3.8) is 0 Å². The second kappa shape index (κ2) is 9.46. The minimum absolute atomic E-state index is 0.0472. The molecule has 0 aliphatic rings. The van der Waals surface area contributed by atoms with Gasteiger partial charge in [0.2, 0.25) is 11.8 Å². The molecule has 0 unspecified atom stereocenters. The number of hydrogen-bond donors (Lipinski definition) is 3. The lowest BCUT2D eigenvalue weighted by molar-refractivity contribution is -0.119. The molecule has 2 aromatic rings. The molecule has 2 amide bonds. The molecule has 3 N–H and O–H groups in total. The molecule has 0 heterocycles. The highest BCUT2D eigenvalue weighted by Crippen LogP contribution is 2.18. The van der Waals surface area contributed by atoms with Gasteiger partial charge in [-0.3, -0.25) is 9.59 Å². The van der Waals surface area contributed by atoms with Crippen LogP contribution in [-0.4, -0.2) is 25.0 Å². The van der Waals surface area contributed by atoms with Gasteiger partial charge in [0.25, 0.3) is 0 Å². The lowest BCUT2D eigenvalue weighted by Crippen LogP contribution is -2.22. The first kappa shape index (κ1) is 19.3. The Labute approximate surface area is 153 Å². The van der Waals surface area contributed by atoms with Crippen LogP contribution < -0.4 is 20.7 Å². The average molecular weight is 355 g/mol. The van der Waals surface area contributed by atoms with E-state index in [2.05, 4.69) is 16.0 Å². The Morgan fingerprint density at radius 3 is 2.31 bits per heavy atom. The number of amides is 2. The van der Waals surface area contributed by atoms with Crippen LogP contribution in [0.1, 0.15) is 20.8 Å². The Bertz CT molecular complexity index is 759. The summed E-state index contributed by atoms with van der Waals surface area (Å²) in [6.45, 7) is 6.26. The van der Waals surface area contributed by atoms with Gasteiger partial charge in [-0.2, -0.15) is 0 Å². The van der Waals surface area contributed by atoms with Crippen LogP contribution >= 0.6 is 0 Å². The van der Waals surface area contributed by atoms with E-state index >= 15 is 0 Å². The highest BCUT2D eigenvalue weighted by Gasteiger charge is 2.08. The molecular formula is C20H25N3O3. The fourth-order valence-corrected chi connectivity index (χ4v) is 2.21. The minimum Gasteiger partial charge on any atom is -0.494 e. The first-order valence-electron chi connectivity index (χ1n) is 8.65. The third-order valence-corrected chi connectivity index (χ3v) is 3.54. The topological polar surface area (TPSA) is 79.5 Å². The molecule has 26 heavy (non-hydrogen) atoms. The highest BCUT2D eigenvalue weighted by molar-refractivity contribution is 5.94. The first-order valence-corrected chi connectivity index (χ1v) is 8.65. The van der Waals surface area contributed by atoms with Crippen molar-refractivity contribution in [1.82, 2.24) is 0 Å². The number of benzene rings is 2. The van der Waals surface area contributed by atoms with Crippen molar-refractivity contribution in [3.05, 3.63) is 48.5 Å². The lowest BCUT2D eigenvalue weighted by atomic mass is 10.2. The highest BCUT2D eigenvalue weighted by atomic mass is 16.5. The third kappa shape index (κ3) is 6.12. The van der Waals surface area contributed by atoms with E-state index in [1.807, 2.05) is 57.2 Å². The quantitative estimate of drug-likeness (QED) is 0.674. The monoisotopic (exact) mass is 355 g/mol. The Morgan fingerprint density at radius 1 is 0.962 bits per heavy atom. The Balaban J connectivity index is 1.89. The standard InChI is InChI=1S/C20H25N3O3/c1-4-26-18-10-6-9-17(12-18)22-19(24)13-21-15-7-5-8-16(11-15)23-20(25)14(2)3/h5-12,14,21H,4,13H2,1-3H3,(H,22,24)(H,23,25). The molecule has 0 atom stereocenters. The van der Waals surface area contributed by atoms with Crippen LogP contribution in [-0.2, 0) is 9.59 Å². The van der Waals surface area contributed by atoms with Crippen LogP contribution in [0.4, 0.5) is 17.1 Å². The number of carbonyl (C=O) groups is 2. The van der Waals surface area contributed by atoms with E-state index in [0.29, 0.717) is 23.7 Å². The van der Waals surface area contributed by atoms with E-state index in [-0.39, 0.29) is 24.3 Å². The second-order valence-corrected chi connectivity index (χ2v) is 6.09. The van der Waals surface area contributed by atoms with Crippen molar-refractivity contribution in [2.24, 2.45) is 5.92 Å². The van der Waals surface area contributed by atoms with Gasteiger partial charge in [-0.15, -0.1) is 0 Å². The van der Waals surface area contributed by atoms with Crippen molar-refractivity contribution in [3.8, 4) is 5.75 Å². The summed E-state index contributed by atoms with van der Waals surface area (Å²) in [5, 5.41) is 8.71. The van der Waals surface area contributed by atoms with Gasteiger partial charge in [0, 0.05) is 29.0 Å². The van der Waals surface area contributed by atoms with E-state index in [9.17, 15) is 9.59 Å². The molecule has 0 aromatic heterocycles. The summed E-state index contributed by atoms with van der Waals surface area (Å²) in [6, 6.07) is 14.5. The predicted octanol–water partition coefficient (Wildman–Crippen LogP) is 3.73. The summed E-state index contributed by atoms with van der Waals surface area (Å²) in [4.78, 5) is 23.9. The fourth-order valence-electron chi connectivity index (χ4n) is 2.21. The number of ether oxygens (including phenoxy) is 1. The fraction of sp³-hybridized carbons (Fsp3) is 0.300. The van der Waals surface area contributed by atoms with Gasteiger partial charge in [0.15, 0.2) is 0 Å². The van der Waals surface area contributed by atoms with Crippen LogP contribution in [0.2, 0.25) is 0 Å². The Hall–Kier alpha value is -3.02. The zero-order valence-electron chi connectivity index (χ0n) is 15.3. The molecule has 0 saturated carbocycles. The SMILES string of the molecule is CCOc1cccc(NC(=O)CNc2cccc(NC(=O)C(C)C)c2)c1. The van der Waals surface area contributed by atoms with Crippen LogP contribution in [0.3, 0.4) is 0 Å². The number of nitrogens with one attached hydrogen (secondary N) is 3. The number of hydrogen-bond acceptors (Lipinski definition) is 4. The molecule has 0 bridgehead atoms. The van der Waals surface area contributed by atoms with Gasteiger partial charge in [-0.1, -0.05) is 26.0 Å². The van der Waals surface area contributed by atoms with Gasteiger partial charge in [0.1, 0.15) is 5.75 Å². The van der Waals surface area contributed by atoms with Crippen molar-refractivity contribution in [2.75, 3.05) is 29.1 Å². The van der Waals surface area contributed by atoms with Gasteiger partial charge >= 0.3 is 0 Å². The van der Waals surface area contributed by atoms with Crippen LogP contribution in [0.15, 0.2) is 48.5 Å². The van der Waals surface area contributed by atoms with Crippen molar-refractivity contribution in [2.45, 2.75) is 20.8 Å². The molecule has 2 aromatic carbocycles.